The number of amides is 4. The highest BCUT2D eigenvalue weighted by atomic mass is 16.5. The van der Waals surface area contributed by atoms with Gasteiger partial charge in [0.15, 0.2) is 0 Å². The topological polar surface area (TPSA) is 135 Å². The molecule has 0 bridgehead atoms. The number of likely N-dealkylation sites (N-methyl/N-ethyl adjacent to an activating group) is 1. The summed E-state index contributed by atoms with van der Waals surface area (Å²) in [4.78, 5) is 54.5. The first-order valence-corrected chi connectivity index (χ1v) is 14.4. The Morgan fingerprint density at radius 2 is 1.70 bits per heavy atom. The molecule has 0 aliphatic carbocycles. The van der Waals surface area contributed by atoms with Gasteiger partial charge >= 0.3 is 0 Å². The third kappa shape index (κ3) is 8.29. The van der Waals surface area contributed by atoms with Crippen molar-refractivity contribution in [3.05, 3.63) is 89.7 Å². The molecule has 4 rings (SSSR count). The van der Waals surface area contributed by atoms with Crippen molar-refractivity contribution in [2.24, 2.45) is 0 Å². The normalized spacial score (nSPS) is 18.0. The second-order valence-corrected chi connectivity index (χ2v) is 11.7. The van der Waals surface area contributed by atoms with Gasteiger partial charge in [0.2, 0.25) is 11.8 Å². The summed E-state index contributed by atoms with van der Waals surface area (Å²) in [7, 11) is 1.51. The van der Waals surface area contributed by atoms with Crippen LogP contribution in [0.2, 0.25) is 0 Å². The molecule has 11 heteroatoms. The third-order valence-electron chi connectivity index (χ3n) is 7.18. The second-order valence-electron chi connectivity index (χ2n) is 11.7. The molecule has 1 aromatic heterocycles. The fraction of sp³-hybridized carbons (Fsp3) is 0.406. The van der Waals surface area contributed by atoms with Crippen molar-refractivity contribution in [1.29, 1.82) is 0 Å². The molecule has 3 N–H and O–H groups in total. The number of aromatic nitrogens is 2. The molecule has 4 amide bonds. The van der Waals surface area contributed by atoms with Crippen molar-refractivity contribution >= 4 is 23.6 Å². The molecule has 2 aromatic carbocycles. The molecule has 1 fully saturated rings. The monoisotopic (exact) mass is 588 g/mol. The minimum atomic E-state index is -1.03. The summed E-state index contributed by atoms with van der Waals surface area (Å²) < 4.78 is 7.87. The first-order valence-electron chi connectivity index (χ1n) is 14.4. The van der Waals surface area contributed by atoms with E-state index < -0.39 is 41.6 Å². The van der Waals surface area contributed by atoms with Crippen LogP contribution in [-0.2, 0) is 20.9 Å². The minimum Gasteiger partial charge on any atom is -0.370 e. The molecule has 43 heavy (non-hydrogen) atoms. The molecule has 228 valence electrons. The Morgan fingerprint density at radius 1 is 1.00 bits per heavy atom. The summed E-state index contributed by atoms with van der Waals surface area (Å²) in [6.45, 7) is 8.06. The number of hydrogen-bond acceptors (Lipinski definition) is 6. The van der Waals surface area contributed by atoms with E-state index in [9.17, 15) is 19.2 Å². The molecular formula is C32H40N6O5. The molecule has 1 aliphatic rings. The zero-order valence-corrected chi connectivity index (χ0v) is 25.2. The predicted molar refractivity (Wildman–Crippen MR) is 161 cm³/mol. The molecule has 3 aromatic rings. The second kappa shape index (κ2) is 13.6. The van der Waals surface area contributed by atoms with Crippen molar-refractivity contribution in [3.63, 3.8) is 0 Å². The Labute approximate surface area is 252 Å². The van der Waals surface area contributed by atoms with Crippen LogP contribution in [0.15, 0.2) is 73.1 Å². The number of carbonyl (C=O) groups excluding carboxylic acids is 4. The number of likely N-dealkylation sites (tertiary alicyclic amines) is 1. The van der Waals surface area contributed by atoms with Gasteiger partial charge in [-0.25, -0.2) is 0 Å². The van der Waals surface area contributed by atoms with Gasteiger partial charge in [-0.1, -0.05) is 30.3 Å². The van der Waals surface area contributed by atoms with E-state index in [4.69, 9.17) is 4.74 Å². The summed E-state index contributed by atoms with van der Waals surface area (Å²) >= 11 is 0. The Bertz CT molecular complexity index is 1400. The van der Waals surface area contributed by atoms with Gasteiger partial charge < -0.3 is 25.6 Å². The SMILES string of the molecule is CNC(=O)[C@@H]1C[C@H](NC(=O)[C@@H](NC(=O)c2ccc(Cn3cccn3)cc2)[C@@H](C)OC(C)(C)C)CN1C(=O)c1ccccc1. The first kappa shape index (κ1) is 31.4. The number of rotatable bonds is 10. The van der Waals surface area contributed by atoms with Gasteiger partial charge in [-0.15, -0.1) is 0 Å². The number of nitrogens with zero attached hydrogens (tertiary/aromatic N) is 3. The molecule has 1 aliphatic heterocycles. The maximum Gasteiger partial charge on any atom is 0.254 e. The standard InChI is InChI=1S/C32H40N6O5/c1-21(43-32(2,3)4)27(36-28(39)23-14-12-22(13-15-23)19-37-17-9-16-34-37)30(41)35-25-18-26(29(40)33-5)38(20-25)31(42)24-10-7-6-8-11-24/h6-17,21,25-27H,18-20H2,1-5H3,(H,33,40)(H,35,41)(H,36,39)/t21-,25+,26+,27+/m1/s1. The average Bonchev–Trinajstić information content (AvgIpc) is 3.65. The highest BCUT2D eigenvalue weighted by Gasteiger charge is 2.41. The first-order chi connectivity index (χ1) is 20.4. The van der Waals surface area contributed by atoms with E-state index in [0.717, 1.165) is 5.56 Å². The lowest BCUT2D eigenvalue weighted by atomic mass is 10.1. The Balaban J connectivity index is 1.48. The van der Waals surface area contributed by atoms with Crippen molar-refractivity contribution in [1.82, 2.24) is 30.6 Å². The van der Waals surface area contributed by atoms with Gasteiger partial charge in [-0.2, -0.15) is 5.10 Å². The summed E-state index contributed by atoms with van der Waals surface area (Å²) in [5, 5.41) is 12.6. The van der Waals surface area contributed by atoms with Crippen LogP contribution in [0, 0.1) is 0 Å². The lowest BCUT2D eigenvalue weighted by Crippen LogP contribution is -2.56. The van der Waals surface area contributed by atoms with E-state index >= 15 is 0 Å². The van der Waals surface area contributed by atoms with Crippen LogP contribution < -0.4 is 16.0 Å². The summed E-state index contributed by atoms with van der Waals surface area (Å²) in [5.41, 5.74) is 1.25. The molecule has 11 nitrogen and oxygen atoms in total. The van der Waals surface area contributed by atoms with Crippen LogP contribution in [0.5, 0.6) is 0 Å². The van der Waals surface area contributed by atoms with Gasteiger partial charge in [0, 0.05) is 43.2 Å². The van der Waals surface area contributed by atoms with E-state index in [1.54, 1.807) is 54.2 Å². The molecule has 0 unspecified atom stereocenters. The van der Waals surface area contributed by atoms with E-state index in [0.29, 0.717) is 17.7 Å². The van der Waals surface area contributed by atoms with Gasteiger partial charge in [0.25, 0.3) is 11.8 Å². The maximum absolute atomic E-state index is 13.7. The zero-order valence-electron chi connectivity index (χ0n) is 25.2. The molecule has 0 saturated carbocycles. The number of ether oxygens (including phenoxy) is 1. The van der Waals surface area contributed by atoms with E-state index in [2.05, 4.69) is 21.0 Å². The third-order valence-corrected chi connectivity index (χ3v) is 7.18. The zero-order chi connectivity index (χ0) is 31.1. The van der Waals surface area contributed by atoms with Crippen LogP contribution >= 0.6 is 0 Å². The fourth-order valence-corrected chi connectivity index (χ4v) is 5.21. The largest absolute Gasteiger partial charge is 0.370 e. The quantitative estimate of drug-likeness (QED) is 0.333. The van der Waals surface area contributed by atoms with Crippen LogP contribution in [0.4, 0.5) is 0 Å². The summed E-state index contributed by atoms with van der Waals surface area (Å²) in [5.74, 6) is -1.50. The van der Waals surface area contributed by atoms with Crippen LogP contribution in [0.25, 0.3) is 0 Å². The van der Waals surface area contributed by atoms with Gasteiger partial charge in [0.1, 0.15) is 12.1 Å². The summed E-state index contributed by atoms with van der Waals surface area (Å²) in [6, 6.07) is 15.4. The van der Waals surface area contributed by atoms with E-state index in [-0.39, 0.29) is 24.8 Å². The van der Waals surface area contributed by atoms with Gasteiger partial charge in [0.05, 0.1) is 18.2 Å². The smallest absolute Gasteiger partial charge is 0.254 e. The van der Waals surface area contributed by atoms with Crippen molar-refractivity contribution in [2.75, 3.05) is 13.6 Å². The Morgan fingerprint density at radius 3 is 2.30 bits per heavy atom. The summed E-state index contributed by atoms with van der Waals surface area (Å²) in [6.07, 6.45) is 3.12. The van der Waals surface area contributed by atoms with Crippen LogP contribution in [0.3, 0.4) is 0 Å². The molecule has 1 saturated heterocycles. The molecule has 4 atom stereocenters. The highest BCUT2D eigenvalue weighted by molar-refractivity contribution is 5.99. The van der Waals surface area contributed by atoms with Crippen molar-refractivity contribution < 1.29 is 23.9 Å². The molecule has 0 spiro atoms. The predicted octanol–water partition coefficient (Wildman–Crippen LogP) is 2.38. The lowest BCUT2D eigenvalue weighted by molar-refractivity contribution is -0.131. The van der Waals surface area contributed by atoms with Crippen molar-refractivity contribution in [2.45, 2.75) is 70.5 Å². The molecule has 2 heterocycles. The Kier molecular flexibility index (Phi) is 9.97. The molecule has 0 radical (unpaired) electrons. The lowest BCUT2D eigenvalue weighted by Gasteiger charge is -2.31. The molecular weight excluding hydrogens is 548 g/mol. The average molecular weight is 589 g/mol. The van der Waals surface area contributed by atoms with E-state index in [1.807, 2.05) is 51.2 Å². The number of hydrogen-bond donors (Lipinski definition) is 3. The van der Waals surface area contributed by atoms with Gasteiger partial charge in [-0.3, -0.25) is 23.9 Å². The van der Waals surface area contributed by atoms with Gasteiger partial charge in [-0.05, 0) is 70.0 Å². The Hall–Kier alpha value is -4.51. The van der Waals surface area contributed by atoms with Crippen molar-refractivity contribution in [3.8, 4) is 0 Å². The highest BCUT2D eigenvalue weighted by Crippen LogP contribution is 2.22. The number of benzene rings is 2. The van der Waals surface area contributed by atoms with E-state index in [1.165, 1.54) is 11.9 Å². The maximum atomic E-state index is 13.7. The van der Waals surface area contributed by atoms with Crippen LogP contribution in [0.1, 0.15) is 60.4 Å². The number of nitrogens with one attached hydrogen (secondary N) is 3. The fourth-order valence-electron chi connectivity index (χ4n) is 5.21. The minimum absolute atomic E-state index is 0.143. The number of carbonyl (C=O) groups is 4. The van der Waals surface area contributed by atoms with Crippen LogP contribution in [-0.4, -0.2) is 81.7 Å².